The fraction of sp³-hybridized carbons (Fsp3) is 1.00. The molecule has 104 valence electrons. The third-order valence-electron chi connectivity index (χ3n) is 2.24. The van der Waals surface area contributed by atoms with Crippen molar-refractivity contribution in [2.75, 3.05) is 11.6 Å². The molecule has 0 aliphatic rings. The highest BCUT2D eigenvalue weighted by atomic mass is 35.5. The molecule has 0 radical (unpaired) electrons. The average molecular weight is 304 g/mol. The minimum Gasteiger partial charge on any atom is -0.725 e. The lowest BCUT2D eigenvalue weighted by Gasteiger charge is -2.05. The Kier molecular flexibility index (Phi) is 11.9. The zero-order chi connectivity index (χ0) is 13.0. The highest BCUT2D eigenvalue weighted by molar-refractivity contribution is 8.02. The van der Waals surface area contributed by atoms with Crippen molar-refractivity contribution in [1.29, 1.82) is 0 Å². The predicted molar refractivity (Wildman–Crippen MR) is 70.9 cm³/mol. The van der Waals surface area contributed by atoms with E-state index in [9.17, 15) is 13.0 Å². The molecule has 0 heterocycles. The number of hydrogen-bond acceptors (Lipinski definition) is 5. The summed E-state index contributed by atoms with van der Waals surface area (Å²) in [5.74, 6) is 1.30. The quantitative estimate of drug-likeness (QED) is 0.181. The standard InChI is InChI=1S/C10H21ClO4S2/c11-9-7-5-3-1-2-4-6-8-10-16-15-17(12,13)14/h1-10H2,(H,12,13,14)/p-1. The van der Waals surface area contributed by atoms with Gasteiger partial charge in [-0.2, -0.15) is 0 Å². The Hall–Kier alpha value is 0.510. The second kappa shape index (κ2) is 11.6. The van der Waals surface area contributed by atoms with E-state index in [2.05, 4.69) is 3.63 Å². The Morgan fingerprint density at radius 3 is 1.88 bits per heavy atom. The summed E-state index contributed by atoms with van der Waals surface area (Å²) in [4.78, 5) is 0. The predicted octanol–water partition coefficient (Wildman–Crippen LogP) is 3.47. The van der Waals surface area contributed by atoms with Gasteiger partial charge in [-0.05, 0) is 12.8 Å². The largest absolute Gasteiger partial charge is 0.725 e. The Bertz CT molecular complexity index is 257. The van der Waals surface area contributed by atoms with Crippen LogP contribution in [0, 0.1) is 0 Å². The molecule has 0 amide bonds. The summed E-state index contributed by atoms with van der Waals surface area (Å²) in [5.41, 5.74) is 0. The fourth-order valence-electron chi connectivity index (χ4n) is 1.41. The van der Waals surface area contributed by atoms with Crippen molar-refractivity contribution in [3.63, 3.8) is 0 Å². The van der Waals surface area contributed by atoms with E-state index in [0.717, 1.165) is 43.6 Å². The SMILES string of the molecule is O=S(=O)([O-])OSCCCCCCCCCCCl. The van der Waals surface area contributed by atoms with Crippen LogP contribution in [0.3, 0.4) is 0 Å². The summed E-state index contributed by atoms with van der Waals surface area (Å²) in [7, 11) is -4.53. The van der Waals surface area contributed by atoms with E-state index < -0.39 is 10.4 Å². The molecule has 17 heavy (non-hydrogen) atoms. The monoisotopic (exact) mass is 303 g/mol. The van der Waals surface area contributed by atoms with Crippen molar-refractivity contribution in [2.24, 2.45) is 0 Å². The maximum atomic E-state index is 10.1. The third-order valence-corrected chi connectivity index (χ3v) is 4.02. The molecule has 0 aromatic carbocycles. The van der Waals surface area contributed by atoms with E-state index in [-0.39, 0.29) is 0 Å². The van der Waals surface area contributed by atoms with Crippen LogP contribution in [-0.4, -0.2) is 24.6 Å². The van der Waals surface area contributed by atoms with Gasteiger partial charge < -0.3 is 4.55 Å². The van der Waals surface area contributed by atoms with Crippen LogP contribution in [0.15, 0.2) is 0 Å². The normalized spacial score (nSPS) is 11.9. The molecule has 0 fully saturated rings. The van der Waals surface area contributed by atoms with Gasteiger partial charge in [-0.1, -0.05) is 38.5 Å². The molecule has 0 spiro atoms. The van der Waals surface area contributed by atoms with E-state index in [1.165, 1.54) is 25.7 Å². The van der Waals surface area contributed by atoms with Gasteiger partial charge in [0.1, 0.15) is 0 Å². The van der Waals surface area contributed by atoms with E-state index in [1.807, 2.05) is 0 Å². The molecule has 0 rings (SSSR count). The molecule has 0 saturated carbocycles. The summed E-state index contributed by atoms with van der Waals surface area (Å²) in [6.07, 6.45) is 9.04. The summed E-state index contributed by atoms with van der Waals surface area (Å²) in [5, 5.41) is 0. The first kappa shape index (κ1) is 17.5. The molecular weight excluding hydrogens is 284 g/mol. The summed E-state index contributed by atoms with van der Waals surface area (Å²) < 4.78 is 34.3. The van der Waals surface area contributed by atoms with Crippen LogP contribution in [0.5, 0.6) is 0 Å². The van der Waals surface area contributed by atoms with Gasteiger partial charge in [0.2, 0.25) is 10.4 Å². The number of rotatable bonds is 12. The molecule has 0 unspecified atom stereocenters. The van der Waals surface area contributed by atoms with Crippen molar-refractivity contribution in [2.45, 2.75) is 51.4 Å². The number of halogens is 1. The smallest absolute Gasteiger partial charge is 0.228 e. The first-order chi connectivity index (χ1) is 8.06. The second-order valence-corrected chi connectivity index (χ2v) is 6.20. The first-order valence-electron chi connectivity index (χ1n) is 5.89. The van der Waals surface area contributed by atoms with Crippen LogP contribution >= 0.6 is 23.6 Å². The van der Waals surface area contributed by atoms with Crippen molar-refractivity contribution < 1.29 is 16.6 Å². The lowest BCUT2D eigenvalue weighted by atomic mass is 10.1. The summed E-state index contributed by atoms with van der Waals surface area (Å²) in [6, 6.07) is 0. The molecule has 0 aromatic heterocycles. The van der Waals surface area contributed by atoms with Gasteiger partial charge in [0.05, 0.1) is 0 Å². The molecule has 0 aliphatic carbocycles. The number of alkyl halides is 1. The van der Waals surface area contributed by atoms with Crippen molar-refractivity contribution in [3.05, 3.63) is 0 Å². The van der Waals surface area contributed by atoms with Gasteiger partial charge in [-0.3, -0.25) is 0 Å². The van der Waals surface area contributed by atoms with Crippen LogP contribution in [0.2, 0.25) is 0 Å². The van der Waals surface area contributed by atoms with Gasteiger partial charge >= 0.3 is 0 Å². The molecule has 7 heteroatoms. The van der Waals surface area contributed by atoms with Crippen LogP contribution < -0.4 is 0 Å². The Labute approximate surface area is 114 Å². The Balaban J connectivity index is 3.04. The molecule has 4 nitrogen and oxygen atoms in total. The van der Waals surface area contributed by atoms with Crippen molar-refractivity contribution >= 4 is 34.0 Å². The van der Waals surface area contributed by atoms with E-state index in [1.54, 1.807) is 0 Å². The lowest BCUT2D eigenvalue weighted by Crippen LogP contribution is -1.98. The van der Waals surface area contributed by atoms with Gasteiger partial charge in [0.25, 0.3) is 0 Å². The summed E-state index contributed by atoms with van der Waals surface area (Å²) >= 11 is 6.29. The van der Waals surface area contributed by atoms with E-state index in [4.69, 9.17) is 11.6 Å². The highest BCUT2D eigenvalue weighted by Crippen LogP contribution is 2.13. The van der Waals surface area contributed by atoms with Gasteiger partial charge in [-0.15, -0.1) is 11.6 Å². The van der Waals surface area contributed by atoms with Crippen LogP contribution in [-0.2, 0) is 14.0 Å². The van der Waals surface area contributed by atoms with Crippen molar-refractivity contribution in [1.82, 2.24) is 0 Å². The molecule has 0 aliphatic heterocycles. The van der Waals surface area contributed by atoms with E-state index in [0.29, 0.717) is 5.75 Å². The Morgan fingerprint density at radius 2 is 1.41 bits per heavy atom. The second-order valence-electron chi connectivity index (χ2n) is 3.82. The molecule has 0 bridgehead atoms. The molecule has 0 N–H and O–H groups in total. The zero-order valence-electron chi connectivity index (χ0n) is 9.90. The fourth-order valence-corrected chi connectivity index (χ4v) is 2.66. The molecule has 0 aromatic rings. The van der Waals surface area contributed by atoms with E-state index >= 15 is 0 Å². The third kappa shape index (κ3) is 16.5. The minimum absolute atomic E-state index is 0.549. The zero-order valence-corrected chi connectivity index (χ0v) is 12.3. The lowest BCUT2D eigenvalue weighted by molar-refractivity contribution is 0.391. The maximum absolute atomic E-state index is 10.1. The van der Waals surface area contributed by atoms with Crippen molar-refractivity contribution in [3.8, 4) is 0 Å². The van der Waals surface area contributed by atoms with Crippen LogP contribution in [0.4, 0.5) is 0 Å². The van der Waals surface area contributed by atoms with Gasteiger partial charge in [0.15, 0.2) is 0 Å². The Morgan fingerprint density at radius 1 is 0.941 bits per heavy atom. The number of hydrogen-bond donors (Lipinski definition) is 0. The minimum atomic E-state index is -4.53. The topological polar surface area (TPSA) is 66.4 Å². The first-order valence-corrected chi connectivity index (χ1v) is 8.67. The maximum Gasteiger partial charge on any atom is 0.228 e. The highest BCUT2D eigenvalue weighted by Gasteiger charge is 1.96. The van der Waals surface area contributed by atoms with Gasteiger partial charge in [-0.25, -0.2) is 12.0 Å². The number of unbranched alkanes of at least 4 members (excludes halogenated alkanes) is 7. The molecule has 0 atom stereocenters. The van der Waals surface area contributed by atoms with Crippen LogP contribution in [0.1, 0.15) is 51.4 Å². The average Bonchev–Trinajstić information content (AvgIpc) is 2.24. The molecular formula is C10H20ClO4S2-. The molecule has 0 saturated heterocycles. The van der Waals surface area contributed by atoms with Gasteiger partial charge in [0, 0.05) is 23.7 Å². The summed E-state index contributed by atoms with van der Waals surface area (Å²) in [6.45, 7) is 0. The van der Waals surface area contributed by atoms with Crippen LogP contribution in [0.25, 0.3) is 0 Å².